The first-order chi connectivity index (χ1) is 12.6. The van der Waals surface area contributed by atoms with E-state index in [4.69, 9.17) is 0 Å². The summed E-state index contributed by atoms with van der Waals surface area (Å²) in [6.07, 6.45) is 2.48. The van der Waals surface area contributed by atoms with E-state index in [0.29, 0.717) is 25.5 Å². The monoisotopic (exact) mass is 359 g/mol. The summed E-state index contributed by atoms with van der Waals surface area (Å²) in [5.41, 5.74) is 1.99. The minimum Gasteiger partial charge on any atom is -0.357 e. The molecule has 142 valence electrons. The summed E-state index contributed by atoms with van der Waals surface area (Å²) in [5, 5.41) is 8.99. The van der Waals surface area contributed by atoms with Crippen LogP contribution < -0.4 is 20.9 Å². The number of anilines is 1. The number of benzene rings is 1. The van der Waals surface area contributed by atoms with Crippen molar-refractivity contribution in [1.29, 1.82) is 0 Å². The Morgan fingerprint density at radius 2 is 1.92 bits per heavy atom. The third-order valence-corrected chi connectivity index (χ3v) is 4.07. The maximum absolute atomic E-state index is 11.8. The molecular weight excluding hydrogens is 330 g/mol. The van der Waals surface area contributed by atoms with Crippen molar-refractivity contribution in [3.8, 4) is 0 Å². The smallest absolute Gasteiger partial charge is 0.239 e. The zero-order chi connectivity index (χ0) is 18.8. The molecule has 2 amide bonds. The van der Waals surface area contributed by atoms with Gasteiger partial charge in [-0.15, -0.1) is 0 Å². The molecule has 1 aromatic carbocycles. The number of amides is 2. The molecule has 1 aromatic rings. The van der Waals surface area contributed by atoms with E-state index in [1.807, 2.05) is 43.0 Å². The number of rotatable bonds is 8. The molecule has 2 rings (SSSR count). The third kappa shape index (κ3) is 6.06. The molecule has 0 radical (unpaired) electrons. The van der Waals surface area contributed by atoms with Gasteiger partial charge in [-0.25, -0.2) is 4.99 Å². The number of nitrogens with zero attached hydrogens (tertiary/aromatic N) is 2. The minimum absolute atomic E-state index is 0.0444. The van der Waals surface area contributed by atoms with Crippen molar-refractivity contribution in [2.24, 2.45) is 4.99 Å². The second-order valence-electron chi connectivity index (χ2n) is 6.21. The summed E-state index contributed by atoms with van der Waals surface area (Å²) in [6, 6.07) is 7.91. The van der Waals surface area contributed by atoms with Crippen molar-refractivity contribution in [2.75, 3.05) is 31.1 Å². The van der Waals surface area contributed by atoms with Gasteiger partial charge in [0, 0.05) is 31.7 Å². The minimum atomic E-state index is -0.0444. The van der Waals surface area contributed by atoms with Crippen molar-refractivity contribution in [1.82, 2.24) is 16.0 Å². The number of aliphatic imine (C=N–C) groups is 1. The number of guanidine groups is 1. The fraction of sp³-hybridized carbons (Fsp3) is 0.526. The van der Waals surface area contributed by atoms with Crippen LogP contribution in [-0.2, 0) is 16.1 Å². The van der Waals surface area contributed by atoms with Gasteiger partial charge in [-0.3, -0.25) is 9.59 Å². The van der Waals surface area contributed by atoms with Crippen LogP contribution in [0.1, 0.15) is 38.7 Å². The molecule has 0 saturated carbocycles. The van der Waals surface area contributed by atoms with Gasteiger partial charge in [0.2, 0.25) is 11.8 Å². The van der Waals surface area contributed by atoms with Crippen LogP contribution in [0.25, 0.3) is 0 Å². The highest BCUT2D eigenvalue weighted by atomic mass is 16.2. The standard InChI is InChI=1S/C19H29N5O2/c1-3-11-21-17(25)14-23-19(20-4-2)22-13-15-7-9-16(10-8-15)24-12-5-6-18(24)26/h7-10H,3-6,11-14H2,1-2H3,(H,21,25)(H2,20,22,23). The van der Waals surface area contributed by atoms with Gasteiger partial charge in [0.05, 0.1) is 13.1 Å². The van der Waals surface area contributed by atoms with Crippen LogP contribution in [0.5, 0.6) is 0 Å². The highest BCUT2D eigenvalue weighted by Crippen LogP contribution is 2.21. The molecule has 7 nitrogen and oxygen atoms in total. The number of carbonyl (C=O) groups is 2. The largest absolute Gasteiger partial charge is 0.357 e. The second-order valence-corrected chi connectivity index (χ2v) is 6.21. The van der Waals surface area contributed by atoms with Gasteiger partial charge >= 0.3 is 0 Å². The molecule has 0 aliphatic carbocycles. The molecule has 1 saturated heterocycles. The zero-order valence-corrected chi connectivity index (χ0v) is 15.7. The Hall–Kier alpha value is -2.57. The average molecular weight is 359 g/mol. The number of hydrogen-bond acceptors (Lipinski definition) is 3. The predicted octanol–water partition coefficient (Wildman–Crippen LogP) is 1.39. The molecule has 1 fully saturated rings. The van der Waals surface area contributed by atoms with E-state index in [0.717, 1.165) is 37.2 Å². The molecule has 0 atom stereocenters. The van der Waals surface area contributed by atoms with Gasteiger partial charge in [-0.05, 0) is 37.5 Å². The summed E-state index contributed by atoms with van der Waals surface area (Å²) in [4.78, 5) is 29.8. The SMILES string of the molecule is CCCNC(=O)CNC(=NCc1ccc(N2CCCC2=O)cc1)NCC. The van der Waals surface area contributed by atoms with Crippen LogP contribution in [-0.4, -0.2) is 44.0 Å². The first-order valence-corrected chi connectivity index (χ1v) is 9.32. The van der Waals surface area contributed by atoms with E-state index < -0.39 is 0 Å². The Balaban J connectivity index is 1.89. The second kappa shape index (κ2) is 10.4. The Morgan fingerprint density at radius 3 is 2.54 bits per heavy atom. The van der Waals surface area contributed by atoms with Crippen LogP contribution >= 0.6 is 0 Å². The van der Waals surface area contributed by atoms with Crippen LogP contribution in [0.15, 0.2) is 29.3 Å². The molecule has 1 aliphatic heterocycles. The molecule has 0 spiro atoms. The summed E-state index contributed by atoms with van der Waals surface area (Å²) in [7, 11) is 0. The molecule has 1 aliphatic rings. The van der Waals surface area contributed by atoms with Crippen LogP contribution in [0.4, 0.5) is 5.69 Å². The Morgan fingerprint density at radius 1 is 1.15 bits per heavy atom. The molecular formula is C19H29N5O2. The molecule has 1 heterocycles. The lowest BCUT2D eigenvalue weighted by Gasteiger charge is -2.16. The fourth-order valence-electron chi connectivity index (χ4n) is 2.71. The van der Waals surface area contributed by atoms with Gasteiger partial charge in [0.25, 0.3) is 0 Å². The Bertz CT molecular complexity index is 627. The van der Waals surface area contributed by atoms with Crippen LogP contribution in [0.2, 0.25) is 0 Å². The van der Waals surface area contributed by atoms with Crippen LogP contribution in [0, 0.1) is 0 Å². The number of nitrogens with one attached hydrogen (secondary N) is 3. The molecule has 0 unspecified atom stereocenters. The maximum Gasteiger partial charge on any atom is 0.239 e. The quantitative estimate of drug-likeness (QED) is 0.484. The van der Waals surface area contributed by atoms with Gasteiger partial charge in [0.15, 0.2) is 5.96 Å². The van der Waals surface area contributed by atoms with Gasteiger partial charge in [0.1, 0.15) is 0 Å². The molecule has 7 heteroatoms. The van der Waals surface area contributed by atoms with Crippen molar-refractivity contribution < 1.29 is 9.59 Å². The topological polar surface area (TPSA) is 85.8 Å². The third-order valence-electron chi connectivity index (χ3n) is 4.07. The lowest BCUT2D eigenvalue weighted by molar-refractivity contribution is -0.120. The van der Waals surface area contributed by atoms with Crippen molar-refractivity contribution in [2.45, 2.75) is 39.7 Å². The van der Waals surface area contributed by atoms with Gasteiger partial charge in [-0.1, -0.05) is 19.1 Å². The Labute approximate surface area is 155 Å². The molecule has 3 N–H and O–H groups in total. The van der Waals surface area contributed by atoms with Crippen molar-refractivity contribution in [3.63, 3.8) is 0 Å². The van der Waals surface area contributed by atoms with Gasteiger partial charge < -0.3 is 20.9 Å². The lowest BCUT2D eigenvalue weighted by atomic mass is 10.2. The van der Waals surface area contributed by atoms with Crippen molar-refractivity contribution in [3.05, 3.63) is 29.8 Å². The van der Waals surface area contributed by atoms with Crippen molar-refractivity contribution >= 4 is 23.5 Å². The predicted molar refractivity (Wildman–Crippen MR) is 104 cm³/mol. The highest BCUT2D eigenvalue weighted by Gasteiger charge is 2.21. The van der Waals surface area contributed by atoms with Crippen LogP contribution in [0.3, 0.4) is 0 Å². The maximum atomic E-state index is 11.8. The normalized spacial score (nSPS) is 14.5. The highest BCUT2D eigenvalue weighted by molar-refractivity contribution is 5.95. The summed E-state index contributed by atoms with van der Waals surface area (Å²) >= 11 is 0. The Kier molecular flexibility index (Phi) is 7.92. The molecule has 0 bridgehead atoms. The first kappa shape index (κ1) is 19.8. The average Bonchev–Trinajstić information content (AvgIpc) is 3.08. The van der Waals surface area contributed by atoms with Gasteiger partial charge in [-0.2, -0.15) is 0 Å². The van der Waals surface area contributed by atoms with E-state index in [2.05, 4.69) is 20.9 Å². The van der Waals surface area contributed by atoms with E-state index in [9.17, 15) is 9.59 Å². The summed E-state index contributed by atoms with van der Waals surface area (Å²) in [5.74, 6) is 0.755. The van der Waals surface area contributed by atoms with E-state index in [1.165, 1.54) is 0 Å². The lowest BCUT2D eigenvalue weighted by Crippen LogP contribution is -2.43. The van der Waals surface area contributed by atoms with E-state index in [-0.39, 0.29) is 18.4 Å². The summed E-state index contributed by atoms with van der Waals surface area (Å²) < 4.78 is 0. The number of carbonyl (C=O) groups excluding carboxylic acids is 2. The fourth-order valence-corrected chi connectivity index (χ4v) is 2.71. The molecule has 26 heavy (non-hydrogen) atoms. The summed E-state index contributed by atoms with van der Waals surface area (Å²) in [6.45, 7) is 6.89. The van der Waals surface area contributed by atoms with E-state index in [1.54, 1.807) is 0 Å². The number of hydrogen-bond donors (Lipinski definition) is 3. The zero-order valence-electron chi connectivity index (χ0n) is 15.7. The van der Waals surface area contributed by atoms with E-state index >= 15 is 0 Å². The first-order valence-electron chi connectivity index (χ1n) is 9.32. The molecule has 0 aromatic heterocycles.